The van der Waals surface area contributed by atoms with Crippen molar-refractivity contribution in [3.05, 3.63) is 0 Å². The molecule has 0 aromatic heterocycles. The van der Waals surface area contributed by atoms with Gasteiger partial charge < -0.3 is 25.2 Å². The standard InChI is InChI=1S/C10H14N4O4/c15-2-6-5(16)1-7(18-6)14-4-13-8-9(14)11-3-12-10(8)17/h3-9,15-16H,1-2H2,(H,11,12,17)/t5-,6+,7+,8?,9?/m0/s1. The SMILES string of the molecule is O=C1NC=NC2C1N=CN2[C@H]1C[C@H](O)[C@@H](CO)O1. The molecule has 0 aromatic rings. The summed E-state index contributed by atoms with van der Waals surface area (Å²) in [7, 11) is 0. The maximum atomic E-state index is 11.5. The zero-order valence-corrected chi connectivity index (χ0v) is 9.51. The zero-order valence-electron chi connectivity index (χ0n) is 9.51. The maximum Gasteiger partial charge on any atom is 0.254 e. The van der Waals surface area contributed by atoms with Crippen LogP contribution in [0.25, 0.3) is 0 Å². The van der Waals surface area contributed by atoms with Crippen molar-refractivity contribution in [2.75, 3.05) is 6.61 Å². The summed E-state index contributed by atoms with van der Waals surface area (Å²) in [5.41, 5.74) is 0. The molecular formula is C10H14N4O4. The van der Waals surface area contributed by atoms with Crippen LogP contribution in [0.3, 0.4) is 0 Å². The second-order valence-electron chi connectivity index (χ2n) is 4.47. The first kappa shape index (κ1) is 11.6. The number of carbonyl (C=O) groups excluding carboxylic acids is 1. The van der Waals surface area contributed by atoms with Crippen LogP contribution in [0.1, 0.15) is 6.42 Å². The third-order valence-electron chi connectivity index (χ3n) is 3.37. The molecule has 1 amide bonds. The Balaban J connectivity index is 1.75. The van der Waals surface area contributed by atoms with Crippen molar-refractivity contribution < 1.29 is 19.7 Å². The Kier molecular flexibility index (Phi) is 2.77. The van der Waals surface area contributed by atoms with E-state index in [1.807, 2.05) is 0 Å². The molecule has 3 rings (SSSR count). The van der Waals surface area contributed by atoms with Gasteiger partial charge in [0.1, 0.15) is 12.3 Å². The van der Waals surface area contributed by atoms with Gasteiger partial charge in [-0.3, -0.25) is 9.79 Å². The Labute approximate surface area is 103 Å². The molecule has 0 saturated carbocycles. The van der Waals surface area contributed by atoms with Crippen LogP contribution in [0.5, 0.6) is 0 Å². The molecule has 5 atom stereocenters. The predicted octanol–water partition coefficient (Wildman–Crippen LogP) is -2.35. The summed E-state index contributed by atoms with van der Waals surface area (Å²) in [5.74, 6) is -0.203. The number of aliphatic hydroxyl groups excluding tert-OH is 2. The van der Waals surface area contributed by atoms with Gasteiger partial charge in [0.2, 0.25) is 0 Å². The molecule has 3 heterocycles. The summed E-state index contributed by atoms with van der Waals surface area (Å²) >= 11 is 0. The first-order valence-electron chi connectivity index (χ1n) is 5.78. The molecule has 8 nitrogen and oxygen atoms in total. The van der Waals surface area contributed by atoms with E-state index in [9.17, 15) is 9.90 Å². The van der Waals surface area contributed by atoms with Crippen molar-refractivity contribution in [2.45, 2.75) is 37.1 Å². The van der Waals surface area contributed by atoms with Gasteiger partial charge >= 0.3 is 0 Å². The average Bonchev–Trinajstić information content (AvgIpc) is 2.93. The van der Waals surface area contributed by atoms with Gasteiger partial charge in [-0.15, -0.1) is 0 Å². The van der Waals surface area contributed by atoms with Crippen molar-refractivity contribution >= 4 is 18.6 Å². The number of rotatable bonds is 2. The van der Waals surface area contributed by atoms with Crippen LogP contribution in [0, 0.1) is 0 Å². The summed E-state index contributed by atoms with van der Waals surface area (Å²) < 4.78 is 5.52. The van der Waals surface area contributed by atoms with Crippen molar-refractivity contribution in [1.82, 2.24) is 10.2 Å². The molecule has 1 saturated heterocycles. The van der Waals surface area contributed by atoms with Crippen LogP contribution in [0.2, 0.25) is 0 Å². The lowest BCUT2D eigenvalue weighted by atomic mass is 10.1. The van der Waals surface area contributed by atoms with E-state index in [2.05, 4.69) is 15.3 Å². The summed E-state index contributed by atoms with van der Waals surface area (Å²) in [6.07, 6.45) is 1.08. The minimum Gasteiger partial charge on any atom is -0.394 e. The van der Waals surface area contributed by atoms with Crippen molar-refractivity contribution in [3.8, 4) is 0 Å². The maximum absolute atomic E-state index is 11.5. The quantitative estimate of drug-likeness (QED) is 0.511. The van der Waals surface area contributed by atoms with Crippen LogP contribution in [0.15, 0.2) is 9.98 Å². The highest BCUT2D eigenvalue weighted by Crippen LogP contribution is 2.28. The van der Waals surface area contributed by atoms with Gasteiger partial charge in [0.25, 0.3) is 5.91 Å². The largest absolute Gasteiger partial charge is 0.394 e. The molecule has 3 aliphatic heterocycles. The molecule has 18 heavy (non-hydrogen) atoms. The van der Waals surface area contributed by atoms with E-state index >= 15 is 0 Å². The number of fused-ring (bicyclic) bond motifs is 1. The Hall–Kier alpha value is -1.51. The van der Waals surface area contributed by atoms with Gasteiger partial charge in [-0.25, -0.2) is 4.99 Å². The number of nitrogens with one attached hydrogen (secondary N) is 1. The van der Waals surface area contributed by atoms with Crippen molar-refractivity contribution in [1.29, 1.82) is 0 Å². The van der Waals surface area contributed by atoms with E-state index in [1.54, 1.807) is 4.90 Å². The number of amides is 1. The molecule has 1 fully saturated rings. The predicted molar refractivity (Wildman–Crippen MR) is 60.9 cm³/mol. The molecule has 98 valence electrons. The molecule has 0 aliphatic carbocycles. The van der Waals surface area contributed by atoms with E-state index in [-0.39, 0.29) is 12.5 Å². The average molecular weight is 254 g/mol. The van der Waals surface area contributed by atoms with E-state index in [1.165, 1.54) is 12.7 Å². The Morgan fingerprint density at radius 1 is 1.56 bits per heavy atom. The highest BCUT2D eigenvalue weighted by atomic mass is 16.5. The van der Waals surface area contributed by atoms with Gasteiger partial charge in [-0.2, -0.15) is 0 Å². The first-order valence-corrected chi connectivity index (χ1v) is 5.78. The molecular weight excluding hydrogens is 240 g/mol. The van der Waals surface area contributed by atoms with Gasteiger partial charge in [0.05, 0.1) is 25.4 Å². The van der Waals surface area contributed by atoms with Crippen LogP contribution in [-0.4, -0.2) is 70.9 Å². The summed E-state index contributed by atoms with van der Waals surface area (Å²) in [6, 6.07) is -0.566. The number of hydrogen-bond donors (Lipinski definition) is 3. The van der Waals surface area contributed by atoms with E-state index < -0.39 is 30.6 Å². The lowest BCUT2D eigenvalue weighted by molar-refractivity contribution is -0.123. The topological polar surface area (TPSA) is 107 Å². The van der Waals surface area contributed by atoms with E-state index in [0.29, 0.717) is 6.42 Å². The van der Waals surface area contributed by atoms with Gasteiger partial charge in [-0.05, 0) is 0 Å². The number of aliphatic hydroxyl groups is 2. The van der Waals surface area contributed by atoms with Gasteiger partial charge in [0.15, 0.2) is 12.2 Å². The number of nitrogens with zero attached hydrogens (tertiary/aromatic N) is 3. The molecule has 0 bridgehead atoms. The number of ether oxygens (including phenoxy) is 1. The Morgan fingerprint density at radius 3 is 3.11 bits per heavy atom. The lowest BCUT2D eigenvalue weighted by Crippen LogP contribution is -2.50. The Morgan fingerprint density at radius 2 is 2.39 bits per heavy atom. The van der Waals surface area contributed by atoms with E-state index in [0.717, 1.165) is 0 Å². The molecule has 8 heteroatoms. The minimum atomic E-state index is -0.714. The zero-order chi connectivity index (χ0) is 12.7. The lowest BCUT2D eigenvalue weighted by Gasteiger charge is -2.30. The van der Waals surface area contributed by atoms with Crippen molar-refractivity contribution in [2.24, 2.45) is 9.98 Å². The summed E-state index contributed by atoms with van der Waals surface area (Å²) in [5, 5.41) is 21.2. The third-order valence-corrected chi connectivity index (χ3v) is 3.37. The number of carbonyl (C=O) groups is 1. The molecule has 3 N–H and O–H groups in total. The summed E-state index contributed by atoms with van der Waals surface area (Å²) in [6.45, 7) is -0.236. The molecule has 3 aliphatic rings. The number of aliphatic imine (C=N–C) groups is 2. The van der Waals surface area contributed by atoms with Crippen LogP contribution < -0.4 is 5.32 Å². The third kappa shape index (κ3) is 1.69. The minimum absolute atomic E-state index is 0.203. The first-order chi connectivity index (χ1) is 8.70. The summed E-state index contributed by atoms with van der Waals surface area (Å²) in [4.78, 5) is 21.5. The van der Waals surface area contributed by atoms with E-state index in [4.69, 9.17) is 9.84 Å². The molecule has 2 unspecified atom stereocenters. The second-order valence-corrected chi connectivity index (χ2v) is 4.47. The Bertz CT molecular complexity index is 413. The van der Waals surface area contributed by atoms with Crippen LogP contribution >= 0.6 is 0 Å². The smallest absolute Gasteiger partial charge is 0.254 e. The second kappa shape index (κ2) is 4.30. The highest BCUT2D eigenvalue weighted by Gasteiger charge is 2.45. The fourth-order valence-corrected chi connectivity index (χ4v) is 2.39. The fraction of sp³-hybridized carbons (Fsp3) is 0.700. The van der Waals surface area contributed by atoms with Crippen LogP contribution in [-0.2, 0) is 9.53 Å². The van der Waals surface area contributed by atoms with Gasteiger partial charge in [0, 0.05) is 6.42 Å². The normalized spacial score (nSPS) is 42.2. The van der Waals surface area contributed by atoms with Crippen LogP contribution in [0.4, 0.5) is 0 Å². The van der Waals surface area contributed by atoms with Crippen molar-refractivity contribution in [3.63, 3.8) is 0 Å². The fourth-order valence-electron chi connectivity index (χ4n) is 2.39. The monoisotopic (exact) mass is 254 g/mol. The molecule has 0 spiro atoms. The number of hydrogen-bond acceptors (Lipinski definition) is 7. The molecule has 0 radical (unpaired) electrons. The van der Waals surface area contributed by atoms with Gasteiger partial charge in [-0.1, -0.05) is 0 Å². The highest BCUT2D eigenvalue weighted by molar-refractivity contribution is 5.96. The molecule has 0 aromatic carbocycles.